The van der Waals surface area contributed by atoms with Crippen molar-refractivity contribution in [2.24, 2.45) is 0 Å². The van der Waals surface area contributed by atoms with Gasteiger partial charge in [-0.1, -0.05) is 73.9 Å². The van der Waals surface area contributed by atoms with E-state index in [0.717, 1.165) is 58.2 Å². The van der Waals surface area contributed by atoms with E-state index in [1.807, 2.05) is 93.6 Å². The number of carbonyl (C=O) groups is 2. The van der Waals surface area contributed by atoms with Gasteiger partial charge in [0.25, 0.3) is 11.8 Å². The van der Waals surface area contributed by atoms with E-state index in [-0.39, 0.29) is 11.8 Å². The van der Waals surface area contributed by atoms with E-state index >= 15 is 0 Å². The van der Waals surface area contributed by atoms with Crippen molar-refractivity contribution in [3.8, 4) is 0 Å². The Kier molecular flexibility index (Phi) is 6.79. The summed E-state index contributed by atoms with van der Waals surface area (Å²) in [6.45, 7) is 6.00. The zero-order valence-electron chi connectivity index (χ0n) is 21.8. The molecule has 5 nitrogen and oxygen atoms in total. The number of benzene rings is 3. The molecule has 0 radical (unpaired) electrons. The molecule has 1 saturated carbocycles. The summed E-state index contributed by atoms with van der Waals surface area (Å²) in [5.41, 5.74) is 4.65. The number of aryl methyl sites for hydroxylation is 3. The third kappa shape index (κ3) is 4.74. The van der Waals surface area contributed by atoms with Crippen LogP contribution in [0.3, 0.4) is 0 Å². The third-order valence-electron chi connectivity index (χ3n) is 7.53. The summed E-state index contributed by atoms with van der Waals surface area (Å²) >= 11 is 0. The highest BCUT2D eigenvalue weighted by Gasteiger charge is 2.48. The van der Waals surface area contributed by atoms with Gasteiger partial charge in [0.2, 0.25) is 0 Å². The van der Waals surface area contributed by atoms with Gasteiger partial charge in [0.15, 0.2) is 0 Å². The molecule has 0 atom stereocenters. The molecule has 5 heteroatoms. The largest absolute Gasteiger partial charge is 0.324 e. The fraction of sp³-hybridized carbons (Fsp3) is 0.281. The van der Waals surface area contributed by atoms with E-state index < -0.39 is 5.54 Å². The number of carbonyl (C=O) groups excluding carboxylic acids is 2. The highest BCUT2D eigenvalue weighted by Crippen LogP contribution is 2.40. The lowest BCUT2D eigenvalue weighted by atomic mass is 9.78. The number of pyridine rings is 1. The third-order valence-corrected chi connectivity index (χ3v) is 7.53. The second-order valence-electron chi connectivity index (χ2n) is 10.2. The van der Waals surface area contributed by atoms with E-state index in [1.165, 1.54) is 0 Å². The molecular formula is C32H33N3O2. The smallest absolute Gasteiger partial charge is 0.277 e. The van der Waals surface area contributed by atoms with E-state index in [1.54, 1.807) is 11.0 Å². The molecule has 1 aromatic heterocycles. The highest BCUT2D eigenvalue weighted by molar-refractivity contribution is 6.13. The molecule has 4 aromatic rings. The Morgan fingerprint density at radius 3 is 2.24 bits per heavy atom. The van der Waals surface area contributed by atoms with Crippen LogP contribution in [0.25, 0.3) is 10.9 Å². The Morgan fingerprint density at radius 2 is 1.51 bits per heavy atom. The summed E-state index contributed by atoms with van der Waals surface area (Å²) in [7, 11) is 0. The first-order valence-electron chi connectivity index (χ1n) is 13.0. The Morgan fingerprint density at radius 1 is 0.811 bits per heavy atom. The summed E-state index contributed by atoms with van der Waals surface area (Å²) in [5, 5.41) is 4.21. The van der Waals surface area contributed by atoms with Gasteiger partial charge in [-0.3, -0.25) is 14.5 Å². The van der Waals surface area contributed by atoms with Gasteiger partial charge < -0.3 is 5.32 Å². The normalized spacial score (nSPS) is 14.8. The minimum Gasteiger partial charge on any atom is -0.324 e. The van der Waals surface area contributed by atoms with Gasteiger partial charge in [-0.2, -0.15) is 0 Å². The van der Waals surface area contributed by atoms with Crippen molar-refractivity contribution >= 4 is 34.1 Å². The van der Waals surface area contributed by atoms with Gasteiger partial charge in [0.05, 0.1) is 5.52 Å². The molecule has 1 N–H and O–H groups in total. The first-order chi connectivity index (χ1) is 17.9. The SMILES string of the molecule is Cc1cccc(N(C(=O)c2ccc3ccccc3n2)C2(C(=O)Nc3c(C)cccc3C)CCCCC2)c1. The Balaban J connectivity index is 1.64. The average molecular weight is 492 g/mol. The molecule has 37 heavy (non-hydrogen) atoms. The average Bonchev–Trinajstić information content (AvgIpc) is 2.91. The van der Waals surface area contributed by atoms with Crippen molar-refractivity contribution < 1.29 is 9.59 Å². The maximum Gasteiger partial charge on any atom is 0.277 e. The number of anilines is 2. The minimum absolute atomic E-state index is 0.139. The second kappa shape index (κ2) is 10.2. The lowest BCUT2D eigenvalue weighted by Gasteiger charge is -2.45. The number of hydrogen-bond acceptors (Lipinski definition) is 3. The van der Waals surface area contributed by atoms with Crippen LogP contribution in [0.1, 0.15) is 59.3 Å². The number of para-hydroxylation sites is 2. The van der Waals surface area contributed by atoms with Gasteiger partial charge in [0.1, 0.15) is 11.2 Å². The second-order valence-corrected chi connectivity index (χ2v) is 10.2. The number of fused-ring (bicyclic) bond motifs is 1. The summed E-state index contributed by atoms with van der Waals surface area (Å²) in [6, 6.07) is 25.3. The number of nitrogens with zero attached hydrogens (tertiary/aromatic N) is 2. The van der Waals surface area contributed by atoms with E-state index in [4.69, 9.17) is 4.98 Å². The summed E-state index contributed by atoms with van der Waals surface area (Å²) in [4.78, 5) is 35.1. The molecule has 0 spiro atoms. The van der Waals surface area contributed by atoms with Crippen LogP contribution < -0.4 is 10.2 Å². The first kappa shape index (κ1) is 24.7. The summed E-state index contributed by atoms with van der Waals surface area (Å²) in [5.74, 6) is -0.393. The van der Waals surface area contributed by atoms with Crippen molar-refractivity contribution in [1.29, 1.82) is 0 Å². The van der Waals surface area contributed by atoms with Crippen molar-refractivity contribution in [3.63, 3.8) is 0 Å². The van der Waals surface area contributed by atoms with Crippen LogP contribution in [0, 0.1) is 20.8 Å². The van der Waals surface area contributed by atoms with Crippen LogP contribution in [0.4, 0.5) is 11.4 Å². The van der Waals surface area contributed by atoms with Crippen LogP contribution in [0.2, 0.25) is 0 Å². The van der Waals surface area contributed by atoms with Gasteiger partial charge in [0, 0.05) is 16.8 Å². The molecule has 3 aromatic carbocycles. The lowest BCUT2D eigenvalue weighted by molar-refractivity contribution is -0.122. The van der Waals surface area contributed by atoms with Crippen LogP contribution >= 0.6 is 0 Å². The zero-order valence-corrected chi connectivity index (χ0v) is 21.8. The van der Waals surface area contributed by atoms with Crippen molar-refractivity contribution in [2.45, 2.75) is 58.4 Å². The number of nitrogens with one attached hydrogen (secondary N) is 1. The number of hydrogen-bond donors (Lipinski definition) is 1. The predicted octanol–water partition coefficient (Wildman–Crippen LogP) is 7.15. The monoisotopic (exact) mass is 491 g/mol. The van der Waals surface area contributed by atoms with Crippen LogP contribution in [-0.4, -0.2) is 22.3 Å². The molecule has 1 fully saturated rings. The molecule has 1 aliphatic rings. The van der Waals surface area contributed by atoms with Crippen LogP contribution in [0.15, 0.2) is 78.9 Å². The van der Waals surface area contributed by atoms with Crippen molar-refractivity contribution in [1.82, 2.24) is 4.98 Å². The predicted molar refractivity (Wildman–Crippen MR) is 150 cm³/mol. The number of rotatable bonds is 5. The van der Waals surface area contributed by atoms with Crippen molar-refractivity contribution in [2.75, 3.05) is 10.2 Å². The fourth-order valence-corrected chi connectivity index (χ4v) is 5.56. The summed E-state index contributed by atoms with van der Waals surface area (Å²) in [6.07, 6.45) is 3.98. The lowest BCUT2D eigenvalue weighted by Crippen LogP contribution is -2.60. The molecule has 0 bridgehead atoms. The highest BCUT2D eigenvalue weighted by atomic mass is 16.2. The maximum absolute atomic E-state index is 14.4. The van der Waals surface area contributed by atoms with Gasteiger partial charge in [-0.15, -0.1) is 0 Å². The van der Waals surface area contributed by atoms with Crippen molar-refractivity contribution in [3.05, 3.63) is 101 Å². The molecule has 1 heterocycles. The number of amides is 2. The quantitative estimate of drug-likeness (QED) is 0.322. The molecule has 0 aliphatic heterocycles. The molecule has 1 aliphatic carbocycles. The van der Waals surface area contributed by atoms with Gasteiger partial charge in [-0.25, -0.2) is 4.98 Å². The fourth-order valence-electron chi connectivity index (χ4n) is 5.56. The minimum atomic E-state index is -1.02. The molecule has 5 rings (SSSR count). The zero-order chi connectivity index (χ0) is 26.0. The Hall–Kier alpha value is -3.99. The van der Waals surface area contributed by atoms with Crippen LogP contribution in [0.5, 0.6) is 0 Å². The van der Waals surface area contributed by atoms with Gasteiger partial charge >= 0.3 is 0 Å². The molecule has 188 valence electrons. The molecule has 2 amide bonds. The Bertz CT molecular complexity index is 1450. The molecule has 0 unspecified atom stereocenters. The van der Waals surface area contributed by atoms with E-state index in [0.29, 0.717) is 18.5 Å². The maximum atomic E-state index is 14.4. The Labute approximate surface area is 218 Å². The topological polar surface area (TPSA) is 62.3 Å². The standard InChI is InChI=1S/C32H33N3O2/c1-22-11-9-15-26(21-22)35(30(36)28-18-17-25-14-5-6-16-27(25)33-28)32(19-7-4-8-20-32)31(37)34-29-23(2)12-10-13-24(29)3/h5-6,9-18,21H,4,7-8,19-20H2,1-3H3,(H,34,37). The number of aromatic nitrogens is 1. The molecule has 0 saturated heterocycles. The molecular weight excluding hydrogens is 458 g/mol. The van der Waals surface area contributed by atoms with Gasteiger partial charge in [-0.05, 0) is 74.6 Å². The van der Waals surface area contributed by atoms with Crippen LogP contribution in [-0.2, 0) is 4.79 Å². The summed E-state index contributed by atoms with van der Waals surface area (Å²) < 4.78 is 0. The first-order valence-corrected chi connectivity index (χ1v) is 13.0. The van der Waals surface area contributed by atoms with E-state index in [2.05, 4.69) is 5.32 Å². The van der Waals surface area contributed by atoms with E-state index in [9.17, 15) is 9.59 Å².